The second kappa shape index (κ2) is 8.02. The molecule has 2 amide bonds. The molecule has 0 bridgehead atoms. The Hall–Kier alpha value is -3.24. The van der Waals surface area contributed by atoms with E-state index in [0.717, 1.165) is 4.31 Å². The highest BCUT2D eigenvalue weighted by Gasteiger charge is 2.35. The molecule has 3 N–H and O–H groups in total. The molecular weight excluding hydrogens is 394 g/mol. The van der Waals surface area contributed by atoms with Crippen LogP contribution in [0.15, 0.2) is 64.6 Å². The number of nitrogens with two attached hydrogens (primary N) is 1. The topological polar surface area (TPSA) is 125 Å². The first-order chi connectivity index (χ1) is 13.7. The third-order valence-corrected chi connectivity index (χ3v) is 6.29. The van der Waals surface area contributed by atoms with Crippen molar-refractivity contribution in [1.82, 2.24) is 4.31 Å². The zero-order valence-corrected chi connectivity index (χ0v) is 16.8. The van der Waals surface area contributed by atoms with Gasteiger partial charge in [0.2, 0.25) is 15.9 Å². The summed E-state index contributed by atoms with van der Waals surface area (Å²) in [6.07, 6.45) is 0.0126. The van der Waals surface area contributed by atoms with Crippen molar-refractivity contribution in [2.24, 2.45) is 10.8 Å². The van der Waals surface area contributed by atoms with Crippen LogP contribution in [0.2, 0.25) is 0 Å². The third kappa shape index (κ3) is 4.13. The molecule has 3 rings (SSSR count). The second-order valence-corrected chi connectivity index (χ2v) is 8.71. The van der Waals surface area contributed by atoms with Gasteiger partial charge in [-0.3, -0.25) is 14.6 Å². The summed E-state index contributed by atoms with van der Waals surface area (Å²) in [7, 11) is -0.947. The summed E-state index contributed by atoms with van der Waals surface area (Å²) in [6.45, 7) is 0. The number of hydrogen-bond donors (Lipinski definition) is 2. The molecule has 0 aromatic heterocycles. The number of primary amides is 1. The quantitative estimate of drug-likeness (QED) is 0.728. The predicted molar refractivity (Wildman–Crippen MR) is 110 cm³/mol. The number of nitrogens with one attached hydrogen (secondary N) is 1. The van der Waals surface area contributed by atoms with Crippen molar-refractivity contribution in [2.45, 2.75) is 17.4 Å². The summed E-state index contributed by atoms with van der Waals surface area (Å²) >= 11 is 0. The molecule has 0 aliphatic carbocycles. The van der Waals surface area contributed by atoms with Gasteiger partial charge in [-0.15, -0.1) is 0 Å². The number of para-hydroxylation sites is 2. The zero-order valence-electron chi connectivity index (χ0n) is 15.9. The molecular formula is C19H21N5O4S. The van der Waals surface area contributed by atoms with Gasteiger partial charge in [-0.1, -0.05) is 30.3 Å². The SMILES string of the molecule is CN(C)S(=O)(=O)c1ccccc1NC(=O)C1=NN(c2ccccc2)C(C(N)=O)C1. The minimum Gasteiger partial charge on any atom is -0.368 e. The maximum Gasteiger partial charge on any atom is 0.271 e. The number of carbonyl (C=O) groups excluding carboxylic acids is 2. The lowest BCUT2D eigenvalue weighted by Crippen LogP contribution is -2.39. The van der Waals surface area contributed by atoms with Crippen LogP contribution in [0.5, 0.6) is 0 Å². The molecule has 10 heteroatoms. The van der Waals surface area contributed by atoms with Gasteiger partial charge < -0.3 is 11.1 Å². The molecule has 0 fully saturated rings. The van der Waals surface area contributed by atoms with E-state index in [2.05, 4.69) is 10.4 Å². The second-order valence-electron chi connectivity index (χ2n) is 6.59. The number of hydrazone groups is 1. The van der Waals surface area contributed by atoms with Crippen LogP contribution in [-0.2, 0) is 19.6 Å². The number of anilines is 2. The molecule has 2 aromatic rings. The van der Waals surface area contributed by atoms with E-state index in [1.165, 1.54) is 31.2 Å². The molecule has 1 unspecified atom stereocenters. The summed E-state index contributed by atoms with van der Waals surface area (Å²) in [5, 5.41) is 8.25. The number of carbonyl (C=O) groups is 2. The standard InChI is InChI=1S/C19H21N5O4S/c1-23(2)29(27,28)17-11-7-6-10-14(17)21-19(26)15-12-16(18(20)25)24(22-15)13-8-4-3-5-9-13/h3-11,16H,12H2,1-2H3,(H2,20,25)(H,21,26). The number of rotatable bonds is 6. The smallest absolute Gasteiger partial charge is 0.271 e. The van der Waals surface area contributed by atoms with Gasteiger partial charge in [0.1, 0.15) is 16.6 Å². The van der Waals surface area contributed by atoms with Crippen molar-refractivity contribution in [3.05, 3.63) is 54.6 Å². The summed E-state index contributed by atoms with van der Waals surface area (Å²) in [5.41, 5.74) is 6.31. The fourth-order valence-corrected chi connectivity index (χ4v) is 3.91. The highest BCUT2D eigenvalue weighted by molar-refractivity contribution is 7.89. The number of nitrogens with zero attached hydrogens (tertiary/aromatic N) is 3. The fourth-order valence-electron chi connectivity index (χ4n) is 2.87. The Morgan fingerprint density at radius 1 is 1.10 bits per heavy atom. The zero-order chi connectivity index (χ0) is 21.2. The Morgan fingerprint density at radius 3 is 2.34 bits per heavy atom. The van der Waals surface area contributed by atoms with E-state index in [1.807, 2.05) is 6.07 Å². The lowest BCUT2D eigenvalue weighted by molar-refractivity contribution is -0.119. The van der Waals surface area contributed by atoms with Crippen molar-refractivity contribution < 1.29 is 18.0 Å². The molecule has 152 valence electrons. The number of hydrogen-bond acceptors (Lipinski definition) is 6. The van der Waals surface area contributed by atoms with Crippen LogP contribution < -0.4 is 16.1 Å². The molecule has 0 spiro atoms. The Balaban J connectivity index is 1.90. The largest absolute Gasteiger partial charge is 0.368 e. The van der Waals surface area contributed by atoms with E-state index in [9.17, 15) is 18.0 Å². The molecule has 9 nitrogen and oxygen atoms in total. The van der Waals surface area contributed by atoms with Crippen LogP contribution in [0.4, 0.5) is 11.4 Å². The average molecular weight is 415 g/mol. The van der Waals surface area contributed by atoms with Gasteiger partial charge in [0.15, 0.2) is 0 Å². The molecule has 1 aliphatic rings. The molecule has 1 aliphatic heterocycles. The van der Waals surface area contributed by atoms with Gasteiger partial charge >= 0.3 is 0 Å². The highest BCUT2D eigenvalue weighted by atomic mass is 32.2. The Labute approximate surface area is 168 Å². The van der Waals surface area contributed by atoms with E-state index in [-0.39, 0.29) is 22.7 Å². The van der Waals surface area contributed by atoms with Gasteiger partial charge in [0.05, 0.1) is 11.4 Å². The first-order valence-corrected chi connectivity index (χ1v) is 10.2. The Kier molecular flexibility index (Phi) is 5.66. The van der Waals surface area contributed by atoms with Gasteiger partial charge in [0, 0.05) is 20.5 Å². The summed E-state index contributed by atoms with van der Waals surface area (Å²) in [4.78, 5) is 24.6. The van der Waals surface area contributed by atoms with E-state index in [4.69, 9.17) is 5.73 Å². The maximum absolute atomic E-state index is 12.8. The summed E-state index contributed by atoms with van der Waals surface area (Å²) < 4.78 is 26.1. The molecule has 0 saturated carbocycles. The van der Waals surface area contributed by atoms with Gasteiger partial charge in [-0.05, 0) is 24.3 Å². The third-order valence-electron chi connectivity index (χ3n) is 4.42. The molecule has 29 heavy (non-hydrogen) atoms. The predicted octanol–water partition coefficient (Wildman–Crippen LogP) is 0.996. The van der Waals surface area contributed by atoms with Gasteiger partial charge in [-0.2, -0.15) is 5.10 Å². The van der Waals surface area contributed by atoms with E-state index < -0.39 is 27.9 Å². The Bertz CT molecular complexity index is 1070. The summed E-state index contributed by atoms with van der Waals surface area (Å²) in [6, 6.07) is 14.2. The number of amides is 2. The van der Waals surface area contributed by atoms with Gasteiger partial charge in [-0.25, -0.2) is 12.7 Å². The van der Waals surface area contributed by atoms with Crippen LogP contribution in [0, 0.1) is 0 Å². The van der Waals surface area contributed by atoms with Crippen LogP contribution in [0.25, 0.3) is 0 Å². The highest BCUT2D eigenvalue weighted by Crippen LogP contribution is 2.26. The normalized spacial score (nSPS) is 16.6. The molecule has 0 radical (unpaired) electrons. The maximum atomic E-state index is 12.8. The van der Waals surface area contributed by atoms with Crippen molar-refractivity contribution >= 4 is 38.9 Å². The number of benzene rings is 2. The van der Waals surface area contributed by atoms with Crippen molar-refractivity contribution in [3.63, 3.8) is 0 Å². The van der Waals surface area contributed by atoms with Crippen molar-refractivity contribution in [2.75, 3.05) is 24.4 Å². The first-order valence-electron chi connectivity index (χ1n) is 8.76. The van der Waals surface area contributed by atoms with E-state index in [0.29, 0.717) is 5.69 Å². The van der Waals surface area contributed by atoms with E-state index >= 15 is 0 Å². The minimum absolute atomic E-state index is 0.0126. The van der Waals surface area contributed by atoms with Crippen LogP contribution in [0.3, 0.4) is 0 Å². The van der Waals surface area contributed by atoms with Crippen LogP contribution in [0.1, 0.15) is 6.42 Å². The van der Waals surface area contributed by atoms with E-state index in [1.54, 1.807) is 36.4 Å². The van der Waals surface area contributed by atoms with Crippen molar-refractivity contribution in [1.29, 1.82) is 0 Å². The number of sulfonamides is 1. The minimum atomic E-state index is -3.76. The lowest BCUT2D eigenvalue weighted by atomic mass is 10.1. The van der Waals surface area contributed by atoms with Crippen LogP contribution >= 0.6 is 0 Å². The average Bonchev–Trinajstić information content (AvgIpc) is 3.15. The molecule has 2 aromatic carbocycles. The Morgan fingerprint density at radius 2 is 1.72 bits per heavy atom. The molecule has 1 heterocycles. The fraction of sp³-hybridized carbons (Fsp3) is 0.211. The first kappa shape index (κ1) is 20.5. The molecule has 1 atom stereocenters. The monoisotopic (exact) mass is 415 g/mol. The lowest BCUT2D eigenvalue weighted by Gasteiger charge is -2.20. The summed E-state index contributed by atoms with van der Waals surface area (Å²) in [5.74, 6) is -1.22. The molecule has 0 saturated heterocycles. The van der Waals surface area contributed by atoms with Crippen LogP contribution in [-0.4, -0.2) is 50.4 Å². The van der Waals surface area contributed by atoms with Gasteiger partial charge in [0.25, 0.3) is 5.91 Å². The van der Waals surface area contributed by atoms with Crippen molar-refractivity contribution in [3.8, 4) is 0 Å².